The molecular weight excluding hydrogens is 435 g/mol. The standard InChI is InChI=1S/C24H28F3N3O3/c1-14(11-20(25)26)23(27)33-17-6-3-15(4-7-17)22-18-9-10-30(13-19(18)22)24(31)29-16-5-8-21(32-2)28-12-16/h3-8,12,14,18-20,22-23H,9-11,13H2,1-2H3,(H,29,31). The molecule has 4 rings (SSSR count). The maximum Gasteiger partial charge on any atom is 0.321 e. The number of piperidine rings is 1. The van der Waals surface area contributed by atoms with Gasteiger partial charge in [-0.1, -0.05) is 19.1 Å². The molecule has 9 heteroatoms. The van der Waals surface area contributed by atoms with Crippen molar-refractivity contribution in [1.29, 1.82) is 0 Å². The molecule has 0 bridgehead atoms. The van der Waals surface area contributed by atoms with E-state index in [0.717, 1.165) is 12.0 Å². The van der Waals surface area contributed by atoms with Gasteiger partial charge in [0.2, 0.25) is 18.7 Å². The molecule has 33 heavy (non-hydrogen) atoms. The van der Waals surface area contributed by atoms with Gasteiger partial charge < -0.3 is 19.7 Å². The number of likely N-dealkylation sites (tertiary alicyclic amines) is 1. The maximum absolute atomic E-state index is 14.1. The molecule has 2 aliphatic rings. The maximum atomic E-state index is 14.1. The zero-order valence-electron chi connectivity index (χ0n) is 18.6. The second-order valence-corrected chi connectivity index (χ2v) is 8.75. The molecule has 0 spiro atoms. The highest BCUT2D eigenvalue weighted by Gasteiger charge is 2.53. The number of benzene rings is 1. The lowest BCUT2D eigenvalue weighted by Crippen LogP contribution is -2.39. The van der Waals surface area contributed by atoms with Crippen molar-refractivity contribution in [2.24, 2.45) is 17.8 Å². The van der Waals surface area contributed by atoms with Crippen LogP contribution in [0.15, 0.2) is 42.6 Å². The number of amides is 2. The van der Waals surface area contributed by atoms with Gasteiger partial charge in [-0.15, -0.1) is 0 Å². The largest absolute Gasteiger partial charge is 0.481 e. The van der Waals surface area contributed by atoms with E-state index in [1.54, 1.807) is 30.5 Å². The number of nitrogens with zero attached hydrogens (tertiary/aromatic N) is 2. The van der Waals surface area contributed by atoms with Crippen LogP contribution in [0.1, 0.15) is 31.2 Å². The second kappa shape index (κ2) is 9.89. The summed E-state index contributed by atoms with van der Waals surface area (Å²) in [6, 6.07) is 10.5. The molecule has 5 atom stereocenters. The molecule has 1 saturated carbocycles. The van der Waals surface area contributed by atoms with E-state index in [1.165, 1.54) is 14.0 Å². The predicted octanol–water partition coefficient (Wildman–Crippen LogP) is 5.32. The summed E-state index contributed by atoms with van der Waals surface area (Å²) in [5, 5.41) is 2.87. The van der Waals surface area contributed by atoms with Gasteiger partial charge in [-0.2, -0.15) is 0 Å². The van der Waals surface area contributed by atoms with Crippen LogP contribution in [-0.2, 0) is 0 Å². The summed E-state index contributed by atoms with van der Waals surface area (Å²) < 4.78 is 49.2. The van der Waals surface area contributed by atoms with Gasteiger partial charge in [0.1, 0.15) is 5.75 Å². The molecule has 5 unspecified atom stereocenters. The summed E-state index contributed by atoms with van der Waals surface area (Å²) in [5.41, 5.74) is 1.73. The van der Waals surface area contributed by atoms with Crippen LogP contribution in [0.25, 0.3) is 0 Å². The molecule has 1 saturated heterocycles. The molecule has 1 N–H and O–H groups in total. The second-order valence-electron chi connectivity index (χ2n) is 8.75. The quantitative estimate of drug-likeness (QED) is 0.575. The molecule has 2 heterocycles. The molecule has 2 amide bonds. The van der Waals surface area contributed by atoms with Gasteiger partial charge >= 0.3 is 6.03 Å². The van der Waals surface area contributed by atoms with Crippen LogP contribution >= 0.6 is 0 Å². The normalized spacial score (nSPS) is 23.5. The Balaban J connectivity index is 1.29. The molecule has 178 valence electrons. The number of aromatic nitrogens is 1. The molecule has 0 radical (unpaired) electrons. The number of ether oxygens (including phenoxy) is 2. The highest BCUT2D eigenvalue weighted by Crippen LogP contribution is 2.58. The van der Waals surface area contributed by atoms with E-state index >= 15 is 0 Å². The van der Waals surface area contributed by atoms with Crippen LogP contribution in [0.3, 0.4) is 0 Å². The number of halogens is 3. The highest BCUT2D eigenvalue weighted by molar-refractivity contribution is 5.89. The smallest absolute Gasteiger partial charge is 0.321 e. The van der Waals surface area contributed by atoms with Crippen LogP contribution in [0, 0.1) is 17.8 Å². The van der Waals surface area contributed by atoms with Crippen molar-refractivity contribution >= 4 is 11.7 Å². The summed E-state index contributed by atoms with van der Waals surface area (Å²) in [6.07, 6.45) is -2.40. The summed E-state index contributed by atoms with van der Waals surface area (Å²) >= 11 is 0. The van der Waals surface area contributed by atoms with Crippen LogP contribution in [0.5, 0.6) is 11.6 Å². The number of hydrogen-bond donors (Lipinski definition) is 1. The van der Waals surface area contributed by atoms with Crippen molar-refractivity contribution in [1.82, 2.24) is 9.88 Å². The first-order valence-electron chi connectivity index (χ1n) is 11.1. The van der Waals surface area contributed by atoms with E-state index in [4.69, 9.17) is 9.47 Å². The minimum Gasteiger partial charge on any atom is -0.481 e. The first-order chi connectivity index (χ1) is 15.9. The first-order valence-corrected chi connectivity index (χ1v) is 11.1. The number of anilines is 1. The third kappa shape index (κ3) is 5.51. The SMILES string of the molecule is COc1ccc(NC(=O)N2CCC3C(C2)C3c2ccc(OC(F)C(C)CC(F)F)cc2)cn1. The monoisotopic (exact) mass is 463 g/mol. The Labute approximate surface area is 191 Å². The Bertz CT molecular complexity index is 942. The van der Waals surface area contributed by atoms with Gasteiger partial charge in [0.15, 0.2) is 0 Å². The number of nitrogens with one attached hydrogen (secondary N) is 1. The Morgan fingerprint density at radius 3 is 2.58 bits per heavy atom. The number of methoxy groups -OCH3 is 1. The molecule has 2 aromatic rings. The Hall–Kier alpha value is -2.97. The van der Waals surface area contributed by atoms with Gasteiger partial charge in [-0.25, -0.2) is 22.9 Å². The van der Waals surface area contributed by atoms with Gasteiger partial charge in [0, 0.05) is 31.5 Å². The van der Waals surface area contributed by atoms with Gasteiger partial charge in [-0.05, 0) is 47.9 Å². The minimum atomic E-state index is -2.56. The van der Waals surface area contributed by atoms with Crippen LogP contribution in [0.4, 0.5) is 23.7 Å². The summed E-state index contributed by atoms with van der Waals surface area (Å²) in [7, 11) is 1.53. The molecule has 1 aliphatic heterocycles. The van der Waals surface area contributed by atoms with E-state index in [0.29, 0.717) is 48.2 Å². The third-order valence-corrected chi connectivity index (χ3v) is 6.49. The number of carbonyl (C=O) groups excluding carboxylic acids is 1. The van der Waals surface area contributed by atoms with Crippen molar-refractivity contribution in [2.45, 2.75) is 38.5 Å². The van der Waals surface area contributed by atoms with Crippen molar-refractivity contribution in [2.75, 3.05) is 25.5 Å². The summed E-state index contributed by atoms with van der Waals surface area (Å²) in [4.78, 5) is 18.6. The molecule has 1 aromatic heterocycles. The van der Waals surface area contributed by atoms with E-state index < -0.39 is 25.1 Å². The third-order valence-electron chi connectivity index (χ3n) is 6.49. The van der Waals surface area contributed by atoms with Crippen LogP contribution in [-0.4, -0.2) is 48.9 Å². The number of hydrogen-bond acceptors (Lipinski definition) is 4. The van der Waals surface area contributed by atoms with Crippen molar-refractivity contribution < 1.29 is 27.4 Å². The summed E-state index contributed by atoms with van der Waals surface area (Å²) in [6.45, 7) is 2.76. The fourth-order valence-electron chi connectivity index (χ4n) is 4.60. The highest BCUT2D eigenvalue weighted by atomic mass is 19.3. The van der Waals surface area contributed by atoms with Gasteiger partial charge in [0.25, 0.3) is 0 Å². The topological polar surface area (TPSA) is 63.7 Å². The molecule has 1 aromatic carbocycles. The molecular formula is C24H28F3N3O3. The minimum absolute atomic E-state index is 0.151. The van der Waals surface area contributed by atoms with E-state index in [2.05, 4.69) is 10.3 Å². The average Bonchev–Trinajstić information content (AvgIpc) is 3.53. The Morgan fingerprint density at radius 1 is 1.18 bits per heavy atom. The van der Waals surface area contributed by atoms with Gasteiger partial charge in [0.05, 0.1) is 19.0 Å². The van der Waals surface area contributed by atoms with Gasteiger partial charge in [-0.3, -0.25) is 0 Å². The lowest BCUT2D eigenvalue weighted by Gasteiger charge is -2.26. The fourth-order valence-corrected chi connectivity index (χ4v) is 4.60. The zero-order valence-corrected chi connectivity index (χ0v) is 18.6. The Morgan fingerprint density at radius 2 is 1.94 bits per heavy atom. The fraction of sp³-hybridized carbons (Fsp3) is 0.500. The number of fused-ring (bicyclic) bond motifs is 1. The molecule has 6 nitrogen and oxygen atoms in total. The summed E-state index contributed by atoms with van der Waals surface area (Å²) in [5.74, 6) is 1.16. The number of carbonyl (C=O) groups is 1. The van der Waals surface area contributed by atoms with E-state index in [9.17, 15) is 18.0 Å². The van der Waals surface area contributed by atoms with Crippen LogP contribution < -0.4 is 14.8 Å². The van der Waals surface area contributed by atoms with E-state index in [1.807, 2.05) is 17.0 Å². The average molecular weight is 464 g/mol. The lowest BCUT2D eigenvalue weighted by molar-refractivity contribution is -0.00862. The lowest BCUT2D eigenvalue weighted by atomic mass is 10.1. The van der Waals surface area contributed by atoms with Crippen molar-refractivity contribution in [3.05, 3.63) is 48.2 Å². The Kier molecular flexibility index (Phi) is 6.95. The zero-order chi connectivity index (χ0) is 23.5. The molecule has 2 fully saturated rings. The number of urea groups is 1. The number of alkyl halides is 3. The number of pyridine rings is 1. The predicted molar refractivity (Wildman–Crippen MR) is 117 cm³/mol. The van der Waals surface area contributed by atoms with Crippen molar-refractivity contribution in [3.8, 4) is 11.6 Å². The van der Waals surface area contributed by atoms with Crippen LogP contribution in [0.2, 0.25) is 0 Å². The molecule has 1 aliphatic carbocycles. The number of rotatable bonds is 8. The van der Waals surface area contributed by atoms with Crippen molar-refractivity contribution in [3.63, 3.8) is 0 Å². The van der Waals surface area contributed by atoms with E-state index in [-0.39, 0.29) is 6.03 Å². The first kappa shape index (κ1) is 23.2.